The minimum Gasteiger partial charge on any atom is -0.467 e. The molecule has 1 saturated carbocycles. The van der Waals surface area contributed by atoms with Crippen LogP contribution in [0.3, 0.4) is 0 Å². The molecule has 32 heavy (non-hydrogen) atoms. The van der Waals surface area contributed by atoms with Gasteiger partial charge in [0.1, 0.15) is 0 Å². The van der Waals surface area contributed by atoms with E-state index in [1.165, 1.54) is 71.3 Å². The molecular formula is C28H50O4. The van der Waals surface area contributed by atoms with Gasteiger partial charge in [0.05, 0.1) is 7.11 Å². The Balaban J connectivity index is 1.61. The van der Waals surface area contributed by atoms with E-state index in [4.69, 9.17) is 14.2 Å². The van der Waals surface area contributed by atoms with Crippen molar-refractivity contribution in [1.82, 2.24) is 0 Å². The van der Waals surface area contributed by atoms with Crippen LogP contribution >= 0.6 is 0 Å². The van der Waals surface area contributed by atoms with E-state index in [-0.39, 0.29) is 12.3 Å². The zero-order valence-corrected chi connectivity index (χ0v) is 21.2. The van der Waals surface area contributed by atoms with Crippen molar-refractivity contribution in [3.63, 3.8) is 0 Å². The monoisotopic (exact) mass is 450 g/mol. The maximum Gasteiger partial charge on any atom is 0.335 e. The fourth-order valence-corrected chi connectivity index (χ4v) is 5.31. The van der Waals surface area contributed by atoms with Crippen molar-refractivity contribution in [1.29, 1.82) is 0 Å². The molecule has 2 fully saturated rings. The number of ether oxygens (including phenoxy) is 3. The standard InChI is InChI=1S/C28H50O4/c1-4-5-14-23(2)15-9-10-17-25-19-13-18-24(25)16-7-6-8-20-26(28(29)30-3)32-27-21-11-12-22-31-27/h10,17,23-27H,4-9,11-16,18-22H2,1-3H3/t23?,24-,25-,26?,27?/m0/s1. The second-order valence-electron chi connectivity index (χ2n) is 10.2. The molecule has 1 aliphatic carbocycles. The third-order valence-corrected chi connectivity index (χ3v) is 7.44. The lowest BCUT2D eigenvalue weighted by atomic mass is 9.89. The summed E-state index contributed by atoms with van der Waals surface area (Å²) < 4.78 is 16.5. The van der Waals surface area contributed by atoms with Crippen LogP contribution in [0, 0.1) is 17.8 Å². The Bertz CT molecular complexity index is 512. The number of carbonyl (C=O) groups is 1. The average molecular weight is 451 g/mol. The number of unbranched alkanes of at least 4 members (excludes halogenated alkanes) is 3. The van der Waals surface area contributed by atoms with E-state index in [1.54, 1.807) is 0 Å². The van der Waals surface area contributed by atoms with E-state index in [0.29, 0.717) is 0 Å². The van der Waals surface area contributed by atoms with Gasteiger partial charge < -0.3 is 14.2 Å². The third-order valence-electron chi connectivity index (χ3n) is 7.44. The Morgan fingerprint density at radius 1 is 1.03 bits per heavy atom. The molecule has 0 aromatic carbocycles. The van der Waals surface area contributed by atoms with Gasteiger partial charge in [-0.05, 0) is 75.5 Å². The molecule has 0 bridgehead atoms. The van der Waals surface area contributed by atoms with Crippen LogP contribution in [-0.4, -0.2) is 32.1 Å². The minimum absolute atomic E-state index is 0.242. The van der Waals surface area contributed by atoms with Crippen LogP contribution < -0.4 is 0 Å². The van der Waals surface area contributed by atoms with E-state index in [0.717, 1.165) is 62.9 Å². The molecule has 0 radical (unpaired) electrons. The summed E-state index contributed by atoms with van der Waals surface area (Å²) in [7, 11) is 1.44. The number of rotatable bonds is 16. The van der Waals surface area contributed by atoms with E-state index >= 15 is 0 Å². The SMILES string of the molecule is CCCCC(C)CCC=C[C@H]1CCC[C@@H]1CCCCCC(OC1CCCCO1)C(=O)OC. The number of allylic oxidation sites excluding steroid dienone is 2. The van der Waals surface area contributed by atoms with E-state index in [2.05, 4.69) is 26.0 Å². The van der Waals surface area contributed by atoms with Gasteiger partial charge in [-0.1, -0.05) is 70.9 Å². The number of hydrogen-bond acceptors (Lipinski definition) is 4. The molecule has 5 atom stereocenters. The molecule has 2 aliphatic rings. The number of esters is 1. The normalized spacial score (nSPS) is 25.8. The lowest BCUT2D eigenvalue weighted by Gasteiger charge is -2.26. The van der Waals surface area contributed by atoms with Gasteiger partial charge in [-0.2, -0.15) is 0 Å². The molecule has 4 nitrogen and oxygen atoms in total. The van der Waals surface area contributed by atoms with Crippen molar-refractivity contribution in [3.05, 3.63) is 12.2 Å². The Hall–Kier alpha value is -0.870. The van der Waals surface area contributed by atoms with E-state index < -0.39 is 6.10 Å². The van der Waals surface area contributed by atoms with Gasteiger partial charge in [0.25, 0.3) is 0 Å². The number of carbonyl (C=O) groups excluding carboxylic acids is 1. The highest BCUT2D eigenvalue weighted by molar-refractivity contribution is 5.74. The van der Waals surface area contributed by atoms with Gasteiger partial charge in [-0.15, -0.1) is 0 Å². The van der Waals surface area contributed by atoms with Crippen LogP contribution in [-0.2, 0) is 19.0 Å². The molecule has 186 valence electrons. The van der Waals surface area contributed by atoms with E-state index in [9.17, 15) is 4.79 Å². The minimum atomic E-state index is -0.481. The Kier molecular flexibility index (Phi) is 14.3. The first-order chi connectivity index (χ1) is 15.6. The summed E-state index contributed by atoms with van der Waals surface area (Å²) in [6, 6.07) is 0. The first-order valence-corrected chi connectivity index (χ1v) is 13.7. The van der Waals surface area contributed by atoms with Crippen molar-refractivity contribution in [2.45, 2.75) is 129 Å². The van der Waals surface area contributed by atoms with Gasteiger partial charge in [0.2, 0.25) is 0 Å². The molecular weight excluding hydrogens is 400 g/mol. The summed E-state index contributed by atoms with van der Waals surface area (Å²) in [6.45, 7) is 5.41. The van der Waals surface area contributed by atoms with Gasteiger partial charge in [0.15, 0.2) is 12.4 Å². The van der Waals surface area contributed by atoms with Crippen LogP contribution in [0.25, 0.3) is 0 Å². The average Bonchev–Trinajstić information content (AvgIpc) is 3.26. The van der Waals surface area contributed by atoms with Crippen LogP contribution in [0.5, 0.6) is 0 Å². The number of methoxy groups -OCH3 is 1. The highest BCUT2D eigenvalue weighted by atomic mass is 16.7. The first kappa shape index (κ1) is 27.4. The maximum absolute atomic E-state index is 12.1. The summed E-state index contributed by atoms with van der Waals surface area (Å²) >= 11 is 0. The molecule has 1 saturated heterocycles. The molecule has 3 unspecified atom stereocenters. The topological polar surface area (TPSA) is 44.8 Å². The van der Waals surface area contributed by atoms with Gasteiger partial charge in [0, 0.05) is 6.61 Å². The predicted octanol–water partition coefficient (Wildman–Crippen LogP) is 7.60. The van der Waals surface area contributed by atoms with Crippen LogP contribution in [0.4, 0.5) is 0 Å². The largest absolute Gasteiger partial charge is 0.467 e. The molecule has 0 amide bonds. The molecule has 0 N–H and O–H groups in total. The second kappa shape index (κ2) is 16.7. The molecule has 0 aromatic heterocycles. The Labute approximate surface area is 197 Å². The summed E-state index contributed by atoms with van der Waals surface area (Å²) in [6.07, 6.45) is 23.6. The molecule has 4 heteroatoms. The Morgan fingerprint density at radius 3 is 2.66 bits per heavy atom. The first-order valence-electron chi connectivity index (χ1n) is 13.7. The molecule has 0 spiro atoms. The predicted molar refractivity (Wildman–Crippen MR) is 131 cm³/mol. The van der Waals surface area contributed by atoms with Gasteiger partial charge in [-0.25, -0.2) is 4.79 Å². The molecule has 1 heterocycles. The summed E-state index contributed by atoms with van der Waals surface area (Å²) in [4.78, 5) is 12.1. The molecule has 0 aromatic rings. The zero-order valence-electron chi connectivity index (χ0n) is 21.2. The Morgan fingerprint density at radius 2 is 1.91 bits per heavy atom. The van der Waals surface area contributed by atoms with Crippen LogP contribution in [0.2, 0.25) is 0 Å². The lowest BCUT2D eigenvalue weighted by molar-refractivity contribution is -0.203. The van der Waals surface area contributed by atoms with Crippen LogP contribution in [0.15, 0.2) is 12.2 Å². The fourth-order valence-electron chi connectivity index (χ4n) is 5.31. The van der Waals surface area contributed by atoms with Gasteiger partial charge in [-0.3, -0.25) is 0 Å². The van der Waals surface area contributed by atoms with Crippen LogP contribution in [0.1, 0.15) is 117 Å². The molecule has 1 aliphatic heterocycles. The third kappa shape index (κ3) is 10.8. The smallest absolute Gasteiger partial charge is 0.335 e. The van der Waals surface area contributed by atoms with Crippen molar-refractivity contribution in [2.24, 2.45) is 17.8 Å². The van der Waals surface area contributed by atoms with E-state index in [1.807, 2.05) is 0 Å². The van der Waals surface area contributed by atoms with Crippen molar-refractivity contribution in [2.75, 3.05) is 13.7 Å². The molecule has 2 rings (SSSR count). The summed E-state index contributed by atoms with van der Waals surface area (Å²) in [5.74, 6) is 2.24. The van der Waals surface area contributed by atoms with Gasteiger partial charge >= 0.3 is 5.97 Å². The van der Waals surface area contributed by atoms with Crippen molar-refractivity contribution < 1.29 is 19.0 Å². The second-order valence-corrected chi connectivity index (χ2v) is 10.2. The quantitative estimate of drug-likeness (QED) is 0.138. The fraction of sp³-hybridized carbons (Fsp3) is 0.893. The lowest BCUT2D eigenvalue weighted by Crippen LogP contribution is -2.33. The highest BCUT2D eigenvalue weighted by Gasteiger charge is 2.27. The van der Waals surface area contributed by atoms with Crippen molar-refractivity contribution in [3.8, 4) is 0 Å². The summed E-state index contributed by atoms with van der Waals surface area (Å²) in [5.41, 5.74) is 0. The van der Waals surface area contributed by atoms with Crippen molar-refractivity contribution >= 4 is 5.97 Å². The summed E-state index contributed by atoms with van der Waals surface area (Å²) in [5, 5.41) is 0. The highest BCUT2D eigenvalue weighted by Crippen LogP contribution is 2.36. The maximum atomic E-state index is 12.1. The number of hydrogen-bond donors (Lipinski definition) is 0. The zero-order chi connectivity index (χ0) is 23.0.